The predicted octanol–water partition coefficient (Wildman–Crippen LogP) is 3.67. The molecule has 0 amide bonds. The van der Waals surface area contributed by atoms with Crippen molar-refractivity contribution < 1.29 is 5.11 Å². The van der Waals surface area contributed by atoms with Crippen LogP contribution in [-0.2, 0) is 13.1 Å². The van der Waals surface area contributed by atoms with E-state index in [9.17, 15) is 0 Å². The van der Waals surface area contributed by atoms with Crippen LogP contribution < -0.4 is 10.6 Å². The van der Waals surface area contributed by atoms with Crippen molar-refractivity contribution in [3.05, 3.63) is 69.8 Å². The predicted molar refractivity (Wildman–Crippen MR) is 109 cm³/mol. The monoisotopic (exact) mass is 391 g/mol. The van der Waals surface area contributed by atoms with Crippen molar-refractivity contribution in [1.82, 2.24) is 15.2 Å². The van der Waals surface area contributed by atoms with Crippen LogP contribution >= 0.6 is 23.2 Å². The van der Waals surface area contributed by atoms with Crippen LogP contribution in [-0.4, -0.2) is 35.9 Å². The summed E-state index contributed by atoms with van der Waals surface area (Å²) in [6, 6.07) is 14.0. The molecule has 0 radical (unpaired) electrons. The third-order valence-corrected chi connectivity index (χ3v) is 4.90. The van der Waals surface area contributed by atoms with Crippen molar-refractivity contribution in [1.29, 1.82) is 0 Å². The van der Waals surface area contributed by atoms with Crippen LogP contribution in [0.3, 0.4) is 0 Å². The minimum atomic E-state index is 0.167. The van der Waals surface area contributed by atoms with E-state index in [4.69, 9.17) is 28.3 Å². The smallest absolute Gasteiger partial charge is 0.0555 e. The SMILES string of the molecule is OCCNCCNCc1cn(Cc2ccc(Cl)cc2Cl)c2ccccc12. The van der Waals surface area contributed by atoms with Crippen LogP contribution in [0.25, 0.3) is 10.9 Å². The summed E-state index contributed by atoms with van der Waals surface area (Å²) in [6.45, 7) is 3.98. The average Bonchev–Trinajstić information content (AvgIpc) is 2.98. The van der Waals surface area contributed by atoms with Crippen molar-refractivity contribution in [3.63, 3.8) is 0 Å². The zero-order valence-corrected chi connectivity index (χ0v) is 16.0. The van der Waals surface area contributed by atoms with Crippen molar-refractivity contribution in [3.8, 4) is 0 Å². The van der Waals surface area contributed by atoms with Crippen molar-refractivity contribution in [2.75, 3.05) is 26.2 Å². The topological polar surface area (TPSA) is 49.2 Å². The maximum atomic E-state index is 8.78. The largest absolute Gasteiger partial charge is 0.395 e. The second-order valence-electron chi connectivity index (χ2n) is 6.19. The Morgan fingerprint density at radius 2 is 1.73 bits per heavy atom. The first kappa shape index (κ1) is 19.2. The molecule has 26 heavy (non-hydrogen) atoms. The molecule has 0 atom stereocenters. The molecule has 138 valence electrons. The van der Waals surface area contributed by atoms with Gasteiger partial charge in [0.25, 0.3) is 0 Å². The highest BCUT2D eigenvalue weighted by Gasteiger charge is 2.10. The fourth-order valence-electron chi connectivity index (χ4n) is 3.03. The van der Waals surface area contributed by atoms with E-state index in [-0.39, 0.29) is 6.61 Å². The Morgan fingerprint density at radius 3 is 2.54 bits per heavy atom. The summed E-state index contributed by atoms with van der Waals surface area (Å²) < 4.78 is 2.23. The molecule has 2 aromatic carbocycles. The molecule has 4 nitrogen and oxygen atoms in total. The van der Waals surface area contributed by atoms with Crippen LogP contribution in [0.15, 0.2) is 48.7 Å². The Kier molecular flexibility index (Phi) is 6.94. The maximum Gasteiger partial charge on any atom is 0.0555 e. The molecule has 1 aromatic heterocycles. The highest BCUT2D eigenvalue weighted by atomic mass is 35.5. The number of para-hydroxylation sites is 1. The number of aliphatic hydroxyl groups excluding tert-OH is 1. The molecule has 0 unspecified atom stereocenters. The minimum absolute atomic E-state index is 0.167. The van der Waals surface area contributed by atoms with Crippen molar-refractivity contribution >= 4 is 34.1 Å². The Bertz CT molecular complexity index is 863. The summed E-state index contributed by atoms with van der Waals surface area (Å²) in [4.78, 5) is 0. The zero-order chi connectivity index (χ0) is 18.4. The maximum absolute atomic E-state index is 8.78. The summed E-state index contributed by atoms with van der Waals surface area (Å²) >= 11 is 12.3. The Hall–Kier alpha value is -1.56. The van der Waals surface area contributed by atoms with Gasteiger partial charge in [-0.1, -0.05) is 47.5 Å². The summed E-state index contributed by atoms with van der Waals surface area (Å²) in [7, 11) is 0. The van der Waals surface area contributed by atoms with E-state index in [1.165, 1.54) is 16.5 Å². The van der Waals surface area contributed by atoms with Gasteiger partial charge in [-0.25, -0.2) is 0 Å². The van der Waals surface area contributed by atoms with Gasteiger partial charge in [-0.15, -0.1) is 0 Å². The Morgan fingerprint density at radius 1 is 0.923 bits per heavy atom. The first-order chi connectivity index (χ1) is 12.7. The first-order valence-electron chi connectivity index (χ1n) is 8.72. The van der Waals surface area contributed by atoms with E-state index in [1.807, 2.05) is 12.1 Å². The van der Waals surface area contributed by atoms with Gasteiger partial charge in [0.2, 0.25) is 0 Å². The lowest BCUT2D eigenvalue weighted by Crippen LogP contribution is -2.28. The van der Waals surface area contributed by atoms with E-state index < -0.39 is 0 Å². The molecule has 0 aliphatic rings. The fourth-order valence-corrected chi connectivity index (χ4v) is 3.50. The van der Waals surface area contributed by atoms with Crippen LogP contribution in [0.4, 0.5) is 0 Å². The number of rotatable bonds is 9. The lowest BCUT2D eigenvalue weighted by molar-refractivity contribution is 0.292. The number of nitrogens with one attached hydrogen (secondary N) is 2. The fraction of sp³-hybridized carbons (Fsp3) is 0.300. The molecular weight excluding hydrogens is 369 g/mol. The lowest BCUT2D eigenvalue weighted by atomic mass is 10.2. The average molecular weight is 392 g/mol. The van der Waals surface area contributed by atoms with Gasteiger partial charge in [-0.3, -0.25) is 0 Å². The van der Waals surface area contributed by atoms with E-state index in [0.29, 0.717) is 23.1 Å². The molecule has 0 bridgehead atoms. The van der Waals surface area contributed by atoms with Crippen molar-refractivity contribution in [2.45, 2.75) is 13.1 Å². The van der Waals surface area contributed by atoms with Gasteiger partial charge in [0.05, 0.1) is 6.61 Å². The molecule has 0 saturated carbocycles. The molecule has 3 aromatic rings. The molecule has 3 rings (SSSR count). The van der Waals surface area contributed by atoms with Gasteiger partial charge < -0.3 is 20.3 Å². The molecule has 6 heteroatoms. The second kappa shape index (κ2) is 9.40. The Labute approximate surface area is 163 Å². The summed E-state index contributed by atoms with van der Waals surface area (Å²) in [6.07, 6.45) is 2.18. The van der Waals surface area contributed by atoms with E-state index in [1.54, 1.807) is 6.07 Å². The van der Waals surface area contributed by atoms with Gasteiger partial charge >= 0.3 is 0 Å². The molecular formula is C20H23Cl2N3O. The quantitative estimate of drug-likeness (QED) is 0.487. The number of benzene rings is 2. The number of hydrogen-bond acceptors (Lipinski definition) is 3. The first-order valence-corrected chi connectivity index (χ1v) is 9.47. The number of aliphatic hydroxyl groups is 1. The molecule has 3 N–H and O–H groups in total. The zero-order valence-electron chi connectivity index (χ0n) is 14.5. The number of fused-ring (bicyclic) bond motifs is 1. The van der Waals surface area contributed by atoms with Gasteiger partial charge in [-0.05, 0) is 29.3 Å². The summed E-state index contributed by atoms with van der Waals surface area (Å²) in [5.74, 6) is 0. The normalized spacial score (nSPS) is 11.3. The van der Waals surface area contributed by atoms with Crippen LogP contribution in [0.5, 0.6) is 0 Å². The van der Waals surface area contributed by atoms with Gasteiger partial charge in [0.1, 0.15) is 0 Å². The number of aromatic nitrogens is 1. The van der Waals surface area contributed by atoms with Crippen LogP contribution in [0, 0.1) is 0 Å². The molecule has 0 spiro atoms. The molecule has 0 fully saturated rings. The van der Waals surface area contributed by atoms with E-state index in [0.717, 1.165) is 25.2 Å². The number of halogens is 2. The van der Waals surface area contributed by atoms with Gasteiger partial charge in [-0.2, -0.15) is 0 Å². The van der Waals surface area contributed by atoms with E-state index >= 15 is 0 Å². The standard InChI is InChI=1S/C20H23Cl2N3O/c21-17-6-5-15(19(22)11-17)13-25-14-16(12-24-8-7-23-9-10-26)18-3-1-2-4-20(18)25/h1-6,11,14,23-24,26H,7-10,12-13H2. The number of nitrogens with zero attached hydrogens (tertiary/aromatic N) is 1. The third kappa shape index (κ3) is 4.78. The van der Waals surface area contributed by atoms with Crippen molar-refractivity contribution in [2.24, 2.45) is 0 Å². The molecule has 0 aliphatic carbocycles. The van der Waals surface area contributed by atoms with Crippen LogP contribution in [0.2, 0.25) is 10.0 Å². The molecule has 0 saturated heterocycles. The highest BCUT2D eigenvalue weighted by molar-refractivity contribution is 6.35. The highest BCUT2D eigenvalue weighted by Crippen LogP contribution is 2.26. The number of hydrogen-bond donors (Lipinski definition) is 3. The second-order valence-corrected chi connectivity index (χ2v) is 7.03. The summed E-state index contributed by atoms with van der Waals surface area (Å²) in [5.41, 5.74) is 3.49. The van der Waals surface area contributed by atoms with Crippen LogP contribution in [0.1, 0.15) is 11.1 Å². The van der Waals surface area contributed by atoms with Gasteiger partial charge in [0.15, 0.2) is 0 Å². The lowest BCUT2D eigenvalue weighted by Gasteiger charge is -2.08. The molecule has 0 aliphatic heterocycles. The van der Waals surface area contributed by atoms with E-state index in [2.05, 4.69) is 45.7 Å². The summed E-state index contributed by atoms with van der Waals surface area (Å²) in [5, 5.41) is 18.0. The minimum Gasteiger partial charge on any atom is -0.395 e. The van der Waals surface area contributed by atoms with Gasteiger partial charge in [0, 0.05) is 59.9 Å². The third-order valence-electron chi connectivity index (χ3n) is 4.31. The molecule has 1 heterocycles. The Balaban J connectivity index is 1.74.